The molecule has 1 aromatic rings. The summed E-state index contributed by atoms with van der Waals surface area (Å²) in [4.78, 5) is 36.4. The zero-order valence-corrected chi connectivity index (χ0v) is 14.4. The van der Waals surface area contributed by atoms with Crippen LogP contribution in [0.3, 0.4) is 0 Å². The second-order valence-corrected chi connectivity index (χ2v) is 7.27. The van der Waals surface area contributed by atoms with Crippen molar-refractivity contribution in [2.75, 3.05) is 16.5 Å². The number of carboxylic acid groups (broad SMARTS) is 1. The van der Waals surface area contributed by atoms with E-state index < -0.39 is 17.4 Å². The Bertz CT molecular complexity index is 714. The summed E-state index contributed by atoms with van der Waals surface area (Å²) in [6.45, 7) is 0. The summed E-state index contributed by atoms with van der Waals surface area (Å²) in [6, 6.07) is 8.86. The summed E-state index contributed by atoms with van der Waals surface area (Å²) in [6.07, 6.45) is 1.14. The van der Waals surface area contributed by atoms with E-state index in [4.69, 9.17) is 0 Å². The molecule has 0 unspecified atom stereocenters. The molecule has 0 aromatic heterocycles. The predicted molar refractivity (Wildman–Crippen MR) is 95.7 cm³/mol. The zero-order chi connectivity index (χ0) is 17.9. The summed E-state index contributed by atoms with van der Waals surface area (Å²) in [5.74, 6) is -0.345. The Kier molecular flexibility index (Phi) is 5.08. The molecule has 7 nitrogen and oxygen atoms in total. The van der Waals surface area contributed by atoms with Gasteiger partial charge in [0.2, 0.25) is 5.91 Å². The van der Waals surface area contributed by atoms with E-state index in [0.717, 1.165) is 0 Å². The van der Waals surface area contributed by atoms with Crippen molar-refractivity contribution in [3.63, 3.8) is 0 Å². The number of carbonyl (C=O) groups is 3. The standard InChI is InChI=1S/C17H19N3O4S/c21-14-7-6-13(19-20(14)12-4-2-1-3-5-12)15(22)18-17(16(23)24)8-10-25-11-9-17/h1-5H,6-11H2,(H,18,22)(H,23,24). The minimum atomic E-state index is -1.25. The number of thioether (sulfide) groups is 1. The summed E-state index contributed by atoms with van der Waals surface area (Å²) in [5.41, 5.74) is -0.481. The first-order chi connectivity index (χ1) is 12.0. The van der Waals surface area contributed by atoms with E-state index in [1.165, 1.54) is 5.01 Å². The maximum atomic E-state index is 12.6. The third-order valence-electron chi connectivity index (χ3n) is 4.40. The molecule has 0 aliphatic carbocycles. The Hall–Kier alpha value is -2.35. The molecule has 25 heavy (non-hydrogen) atoms. The van der Waals surface area contributed by atoms with Crippen LogP contribution in [0.1, 0.15) is 25.7 Å². The molecule has 2 heterocycles. The average molecular weight is 361 g/mol. The van der Waals surface area contributed by atoms with Gasteiger partial charge in [0.25, 0.3) is 5.91 Å². The van der Waals surface area contributed by atoms with Gasteiger partial charge in [-0.05, 0) is 36.5 Å². The van der Waals surface area contributed by atoms with E-state index in [2.05, 4.69) is 10.4 Å². The van der Waals surface area contributed by atoms with E-state index in [9.17, 15) is 19.5 Å². The highest BCUT2D eigenvalue weighted by atomic mass is 32.2. The maximum absolute atomic E-state index is 12.6. The van der Waals surface area contributed by atoms with Crippen molar-refractivity contribution in [2.24, 2.45) is 5.10 Å². The SMILES string of the molecule is O=C(NC1(C(=O)O)CCSCC1)C1=NN(c2ccccc2)C(=O)CC1. The van der Waals surface area contributed by atoms with Crippen molar-refractivity contribution >= 4 is 40.9 Å². The van der Waals surface area contributed by atoms with Crippen LogP contribution in [-0.2, 0) is 14.4 Å². The van der Waals surface area contributed by atoms with Crippen molar-refractivity contribution < 1.29 is 19.5 Å². The van der Waals surface area contributed by atoms with Gasteiger partial charge in [0, 0.05) is 12.8 Å². The van der Waals surface area contributed by atoms with Crippen molar-refractivity contribution in [2.45, 2.75) is 31.2 Å². The third-order valence-corrected chi connectivity index (χ3v) is 5.39. The van der Waals surface area contributed by atoms with E-state index in [-0.39, 0.29) is 24.5 Å². The lowest BCUT2D eigenvalue weighted by molar-refractivity contribution is -0.147. The Labute approximate surface area is 149 Å². The van der Waals surface area contributed by atoms with Gasteiger partial charge in [-0.15, -0.1) is 0 Å². The van der Waals surface area contributed by atoms with Crippen molar-refractivity contribution in [1.82, 2.24) is 5.32 Å². The van der Waals surface area contributed by atoms with E-state index in [1.807, 2.05) is 6.07 Å². The van der Waals surface area contributed by atoms with Crippen LogP contribution in [0.25, 0.3) is 0 Å². The number of anilines is 1. The first kappa shape index (κ1) is 17.5. The van der Waals surface area contributed by atoms with E-state index in [1.54, 1.807) is 36.0 Å². The minimum Gasteiger partial charge on any atom is -0.480 e. The van der Waals surface area contributed by atoms with Crippen LogP contribution >= 0.6 is 11.8 Å². The van der Waals surface area contributed by atoms with Gasteiger partial charge in [-0.25, -0.2) is 9.80 Å². The number of para-hydroxylation sites is 1. The number of carbonyl (C=O) groups excluding carboxylic acids is 2. The Morgan fingerprint density at radius 3 is 2.48 bits per heavy atom. The van der Waals surface area contributed by atoms with Crippen molar-refractivity contribution in [3.05, 3.63) is 30.3 Å². The van der Waals surface area contributed by atoms with Crippen LogP contribution in [-0.4, -0.2) is 45.6 Å². The van der Waals surface area contributed by atoms with E-state index >= 15 is 0 Å². The molecule has 0 bridgehead atoms. The van der Waals surface area contributed by atoms with Crippen LogP contribution in [0.5, 0.6) is 0 Å². The van der Waals surface area contributed by atoms with Gasteiger partial charge in [-0.1, -0.05) is 18.2 Å². The third kappa shape index (κ3) is 3.68. The molecule has 1 saturated heterocycles. The lowest BCUT2D eigenvalue weighted by Crippen LogP contribution is -2.58. The molecule has 8 heteroatoms. The molecular weight excluding hydrogens is 342 g/mol. The Morgan fingerprint density at radius 2 is 1.84 bits per heavy atom. The number of nitrogens with one attached hydrogen (secondary N) is 1. The largest absolute Gasteiger partial charge is 0.480 e. The van der Waals surface area contributed by atoms with E-state index in [0.29, 0.717) is 30.0 Å². The van der Waals surface area contributed by atoms with Gasteiger partial charge >= 0.3 is 5.97 Å². The van der Waals surface area contributed by atoms with Gasteiger partial charge in [0.05, 0.1) is 5.69 Å². The second-order valence-electron chi connectivity index (χ2n) is 6.04. The molecule has 3 rings (SSSR count). The molecule has 132 valence electrons. The molecular formula is C17H19N3O4S. The molecule has 1 fully saturated rings. The molecule has 0 saturated carbocycles. The summed E-state index contributed by atoms with van der Waals surface area (Å²) in [5, 5.41) is 17.6. The number of carboxylic acids is 1. The van der Waals surface area contributed by atoms with Crippen LogP contribution in [0.4, 0.5) is 5.69 Å². The lowest BCUT2D eigenvalue weighted by atomic mass is 9.91. The highest BCUT2D eigenvalue weighted by Gasteiger charge is 2.42. The number of amides is 2. The number of nitrogens with zero attached hydrogens (tertiary/aromatic N) is 2. The molecule has 1 aromatic carbocycles. The van der Waals surface area contributed by atoms with Crippen molar-refractivity contribution in [3.8, 4) is 0 Å². The van der Waals surface area contributed by atoms with Gasteiger partial charge in [-0.2, -0.15) is 16.9 Å². The van der Waals surface area contributed by atoms with Gasteiger partial charge in [0.1, 0.15) is 11.3 Å². The number of hydrogen-bond acceptors (Lipinski definition) is 5. The number of aliphatic carboxylic acids is 1. The summed E-state index contributed by atoms with van der Waals surface area (Å²) >= 11 is 1.68. The number of benzene rings is 1. The Morgan fingerprint density at radius 1 is 1.16 bits per heavy atom. The number of hydrazone groups is 1. The van der Waals surface area contributed by atoms with Gasteiger partial charge in [-0.3, -0.25) is 9.59 Å². The van der Waals surface area contributed by atoms with Gasteiger partial charge < -0.3 is 10.4 Å². The smallest absolute Gasteiger partial charge is 0.329 e. The van der Waals surface area contributed by atoms with Crippen LogP contribution in [0.15, 0.2) is 35.4 Å². The number of rotatable bonds is 4. The first-order valence-electron chi connectivity index (χ1n) is 8.11. The molecule has 0 spiro atoms. The average Bonchev–Trinajstić information content (AvgIpc) is 2.63. The van der Waals surface area contributed by atoms with Crippen molar-refractivity contribution in [1.29, 1.82) is 0 Å². The molecule has 2 aliphatic heterocycles. The normalized spacial score (nSPS) is 19.9. The lowest BCUT2D eigenvalue weighted by Gasteiger charge is -2.34. The highest BCUT2D eigenvalue weighted by Crippen LogP contribution is 2.28. The molecule has 0 atom stereocenters. The topological polar surface area (TPSA) is 99.1 Å². The van der Waals surface area contributed by atoms with Gasteiger partial charge in [0.15, 0.2) is 0 Å². The Balaban J connectivity index is 1.81. The molecule has 2 N–H and O–H groups in total. The molecule has 0 radical (unpaired) electrons. The highest BCUT2D eigenvalue weighted by molar-refractivity contribution is 7.99. The number of hydrogen-bond donors (Lipinski definition) is 2. The fourth-order valence-electron chi connectivity index (χ4n) is 2.89. The van der Waals surface area contributed by atoms with Crippen LogP contribution in [0.2, 0.25) is 0 Å². The minimum absolute atomic E-state index is 0.164. The first-order valence-corrected chi connectivity index (χ1v) is 9.26. The maximum Gasteiger partial charge on any atom is 0.329 e. The summed E-state index contributed by atoms with van der Waals surface area (Å²) in [7, 11) is 0. The van der Waals surface area contributed by atoms with Crippen LogP contribution < -0.4 is 10.3 Å². The summed E-state index contributed by atoms with van der Waals surface area (Å²) < 4.78 is 0. The molecule has 2 amide bonds. The zero-order valence-electron chi connectivity index (χ0n) is 13.6. The monoisotopic (exact) mass is 361 g/mol. The van der Waals surface area contributed by atoms with Crippen LogP contribution in [0, 0.1) is 0 Å². The quantitative estimate of drug-likeness (QED) is 0.849. The second kappa shape index (κ2) is 7.26. The fourth-order valence-corrected chi connectivity index (χ4v) is 4.08. The molecule has 2 aliphatic rings. The fraction of sp³-hybridized carbons (Fsp3) is 0.412. The predicted octanol–water partition coefficient (Wildman–Crippen LogP) is 1.64.